The molecule has 1 fully saturated rings. The molecule has 1 aliphatic rings. The maximum atomic E-state index is 12.9. The van der Waals surface area contributed by atoms with Gasteiger partial charge in [-0.3, -0.25) is 4.79 Å². The summed E-state index contributed by atoms with van der Waals surface area (Å²) in [6.07, 6.45) is 2.49. The predicted octanol–water partition coefficient (Wildman–Crippen LogP) is 3.04. The second-order valence-corrected chi connectivity index (χ2v) is 6.62. The fourth-order valence-corrected chi connectivity index (χ4v) is 2.91. The van der Waals surface area contributed by atoms with E-state index in [1.54, 1.807) is 0 Å². The zero-order chi connectivity index (χ0) is 15.4. The summed E-state index contributed by atoms with van der Waals surface area (Å²) in [4.78, 5) is 15.0. The molecule has 1 aromatic rings. The van der Waals surface area contributed by atoms with Crippen molar-refractivity contribution in [3.8, 4) is 0 Å². The molecular formula is C18H28N2O. The van der Waals surface area contributed by atoms with E-state index in [2.05, 4.69) is 37.8 Å². The summed E-state index contributed by atoms with van der Waals surface area (Å²) in [5, 5.41) is 0. The Morgan fingerprint density at radius 1 is 1.24 bits per heavy atom. The van der Waals surface area contributed by atoms with Crippen LogP contribution in [0.3, 0.4) is 0 Å². The van der Waals surface area contributed by atoms with Crippen molar-refractivity contribution in [2.45, 2.75) is 46.2 Å². The van der Waals surface area contributed by atoms with E-state index < -0.39 is 0 Å². The molecule has 2 atom stereocenters. The van der Waals surface area contributed by atoms with Crippen LogP contribution in [0.5, 0.6) is 0 Å². The van der Waals surface area contributed by atoms with Gasteiger partial charge < -0.3 is 10.6 Å². The van der Waals surface area contributed by atoms with Crippen molar-refractivity contribution in [2.24, 2.45) is 23.5 Å². The molecule has 0 aliphatic heterocycles. The summed E-state index contributed by atoms with van der Waals surface area (Å²) < 4.78 is 0. The topological polar surface area (TPSA) is 46.3 Å². The number of rotatable bonds is 7. The Morgan fingerprint density at radius 2 is 1.86 bits per heavy atom. The molecule has 0 radical (unpaired) electrons. The number of benzene rings is 1. The van der Waals surface area contributed by atoms with E-state index in [4.69, 9.17) is 5.73 Å². The van der Waals surface area contributed by atoms with Crippen LogP contribution in [-0.2, 0) is 11.3 Å². The highest BCUT2D eigenvalue weighted by atomic mass is 16.2. The van der Waals surface area contributed by atoms with Crippen LogP contribution in [0.2, 0.25) is 0 Å². The van der Waals surface area contributed by atoms with E-state index in [-0.39, 0.29) is 17.7 Å². The molecule has 0 aromatic heterocycles. The average molecular weight is 288 g/mol. The molecule has 2 N–H and O–H groups in total. The highest BCUT2D eigenvalue weighted by molar-refractivity contribution is 5.79. The molecule has 1 saturated carbocycles. The highest BCUT2D eigenvalue weighted by Crippen LogP contribution is 2.36. The van der Waals surface area contributed by atoms with Gasteiger partial charge >= 0.3 is 0 Å². The summed E-state index contributed by atoms with van der Waals surface area (Å²) in [5.74, 6) is 1.10. The fourth-order valence-electron chi connectivity index (χ4n) is 2.91. The largest absolute Gasteiger partial charge is 0.335 e. The molecule has 116 valence electrons. The van der Waals surface area contributed by atoms with Crippen LogP contribution in [0, 0.1) is 17.8 Å². The van der Waals surface area contributed by atoms with Crippen molar-refractivity contribution in [3.63, 3.8) is 0 Å². The Bertz CT molecular complexity index is 454. The minimum absolute atomic E-state index is 0.0742. The molecule has 0 heterocycles. The highest BCUT2D eigenvalue weighted by Gasteiger charge is 2.36. The molecule has 1 aliphatic carbocycles. The number of nitrogens with zero attached hydrogens (tertiary/aromatic N) is 1. The molecular weight excluding hydrogens is 260 g/mol. The number of hydrogen-bond donors (Lipinski definition) is 1. The van der Waals surface area contributed by atoms with Gasteiger partial charge in [-0.15, -0.1) is 0 Å². The van der Waals surface area contributed by atoms with E-state index in [1.807, 2.05) is 18.2 Å². The van der Waals surface area contributed by atoms with Gasteiger partial charge in [-0.05, 0) is 37.2 Å². The Hall–Kier alpha value is -1.35. The zero-order valence-electron chi connectivity index (χ0n) is 13.5. The standard InChI is InChI=1S/C18H28N2O/c1-13(2)17(11-19)18(21)20(14(3)16-9-10-16)12-15-7-5-4-6-8-15/h4-8,13-14,16-17H,9-12,19H2,1-3H3. The van der Waals surface area contributed by atoms with Gasteiger partial charge in [0.15, 0.2) is 0 Å². The Balaban J connectivity index is 2.17. The molecule has 1 aromatic carbocycles. The van der Waals surface area contributed by atoms with Crippen molar-refractivity contribution in [2.75, 3.05) is 6.54 Å². The van der Waals surface area contributed by atoms with Crippen molar-refractivity contribution in [1.82, 2.24) is 4.90 Å². The van der Waals surface area contributed by atoms with Crippen LogP contribution in [0.15, 0.2) is 30.3 Å². The maximum Gasteiger partial charge on any atom is 0.227 e. The third-order valence-corrected chi connectivity index (χ3v) is 4.65. The quantitative estimate of drug-likeness (QED) is 0.838. The smallest absolute Gasteiger partial charge is 0.227 e. The molecule has 0 saturated heterocycles. The van der Waals surface area contributed by atoms with Crippen molar-refractivity contribution < 1.29 is 4.79 Å². The van der Waals surface area contributed by atoms with E-state index in [0.29, 0.717) is 25.0 Å². The SMILES string of the molecule is CC(C)C(CN)C(=O)N(Cc1ccccc1)C(C)C1CC1. The minimum atomic E-state index is -0.0742. The third kappa shape index (κ3) is 4.07. The van der Waals surface area contributed by atoms with Gasteiger partial charge in [0.05, 0.1) is 5.92 Å². The number of nitrogens with two attached hydrogens (primary N) is 1. The molecule has 0 bridgehead atoms. The van der Waals surface area contributed by atoms with Crippen LogP contribution in [0.25, 0.3) is 0 Å². The normalized spacial score (nSPS) is 17.6. The fraction of sp³-hybridized carbons (Fsp3) is 0.611. The van der Waals surface area contributed by atoms with Crippen LogP contribution >= 0.6 is 0 Å². The van der Waals surface area contributed by atoms with Gasteiger partial charge in [-0.25, -0.2) is 0 Å². The molecule has 2 rings (SSSR count). The predicted molar refractivity (Wildman–Crippen MR) is 86.6 cm³/mol. The number of carbonyl (C=O) groups excluding carboxylic acids is 1. The second kappa shape index (κ2) is 7.08. The summed E-state index contributed by atoms with van der Waals surface area (Å²) in [7, 11) is 0. The lowest BCUT2D eigenvalue weighted by atomic mass is 9.93. The summed E-state index contributed by atoms with van der Waals surface area (Å²) >= 11 is 0. The van der Waals surface area contributed by atoms with Crippen molar-refractivity contribution in [3.05, 3.63) is 35.9 Å². The molecule has 21 heavy (non-hydrogen) atoms. The first-order valence-corrected chi connectivity index (χ1v) is 8.09. The van der Waals surface area contributed by atoms with Crippen LogP contribution in [0.4, 0.5) is 0 Å². The van der Waals surface area contributed by atoms with Crippen LogP contribution in [-0.4, -0.2) is 23.4 Å². The van der Waals surface area contributed by atoms with Gasteiger partial charge in [0.25, 0.3) is 0 Å². The number of hydrogen-bond acceptors (Lipinski definition) is 2. The zero-order valence-corrected chi connectivity index (χ0v) is 13.5. The molecule has 3 nitrogen and oxygen atoms in total. The van der Waals surface area contributed by atoms with Crippen molar-refractivity contribution in [1.29, 1.82) is 0 Å². The number of amides is 1. The first-order chi connectivity index (χ1) is 10.0. The van der Waals surface area contributed by atoms with E-state index in [0.717, 1.165) is 0 Å². The average Bonchev–Trinajstić information content (AvgIpc) is 3.30. The summed E-state index contributed by atoms with van der Waals surface area (Å²) in [5.41, 5.74) is 7.04. The van der Waals surface area contributed by atoms with Crippen molar-refractivity contribution >= 4 is 5.91 Å². The lowest BCUT2D eigenvalue weighted by Gasteiger charge is -2.34. The first kappa shape index (κ1) is 16.0. The Labute approximate surface area is 128 Å². The molecule has 0 spiro atoms. The summed E-state index contributed by atoms with van der Waals surface area (Å²) in [6, 6.07) is 10.6. The van der Waals surface area contributed by atoms with E-state index in [9.17, 15) is 4.79 Å². The molecule has 2 unspecified atom stereocenters. The van der Waals surface area contributed by atoms with Crippen LogP contribution in [0.1, 0.15) is 39.2 Å². The molecule has 1 amide bonds. The monoisotopic (exact) mass is 288 g/mol. The lowest BCUT2D eigenvalue weighted by molar-refractivity contribution is -0.139. The van der Waals surface area contributed by atoms with Gasteiger partial charge in [-0.1, -0.05) is 44.2 Å². The van der Waals surface area contributed by atoms with Gasteiger partial charge in [0.2, 0.25) is 5.91 Å². The Morgan fingerprint density at radius 3 is 2.33 bits per heavy atom. The lowest BCUT2D eigenvalue weighted by Crippen LogP contribution is -2.46. The minimum Gasteiger partial charge on any atom is -0.335 e. The van der Waals surface area contributed by atoms with E-state index >= 15 is 0 Å². The Kier molecular flexibility index (Phi) is 5.40. The second-order valence-electron chi connectivity index (χ2n) is 6.62. The van der Waals surface area contributed by atoms with Gasteiger partial charge in [-0.2, -0.15) is 0 Å². The van der Waals surface area contributed by atoms with Gasteiger partial charge in [0.1, 0.15) is 0 Å². The maximum absolute atomic E-state index is 12.9. The van der Waals surface area contributed by atoms with Crippen LogP contribution < -0.4 is 5.73 Å². The summed E-state index contributed by atoms with van der Waals surface area (Å²) in [6.45, 7) is 7.47. The first-order valence-electron chi connectivity index (χ1n) is 8.09. The van der Waals surface area contributed by atoms with Gasteiger partial charge in [0, 0.05) is 19.1 Å². The third-order valence-electron chi connectivity index (χ3n) is 4.65. The number of carbonyl (C=O) groups is 1. The van der Waals surface area contributed by atoms with E-state index in [1.165, 1.54) is 18.4 Å². The molecule has 3 heteroatoms.